The van der Waals surface area contributed by atoms with Crippen LogP contribution in [0.25, 0.3) is 22.4 Å². The van der Waals surface area contributed by atoms with Crippen LogP contribution in [-0.2, 0) is 0 Å². The fourth-order valence-corrected chi connectivity index (χ4v) is 2.65. The molecular formula is C13H7BrCl2N2. The van der Waals surface area contributed by atoms with Gasteiger partial charge in [0.1, 0.15) is 5.82 Å². The van der Waals surface area contributed by atoms with Crippen molar-refractivity contribution in [1.29, 1.82) is 0 Å². The van der Waals surface area contributed by atoms with Crippen molar-refractivity contribution in [2.75, 3.05) is 0 Å². The molecule has 1 aromatic heterocycles. The van der Waals surface area contributed by atoms with E-state index in [0.29, 0.717) is 10.0 Å². The van der Waals surface area contributed by atoms with Crippen LogP contribution in [0.1, 0.15) is 0 Å². The second-order valence-electron chi connectivity index (χ2n) is 3.87. The van der Waals surface area contributed by atoms with Gasteiger partial charge in [0.2, 0.25) is 0 Å². The van der Waals surface area contributed by atoms with Crippen molar-refractivity contribution >= 4 is 50.2 Å². The van der Waals surface area contributed by atoms with Crippen LogP contribution in [0, 0.1) is 0 Å². The molecule has 2 nitrogen and oxygen atoms in total. The summed E-state index contributed by atoms with van der Waals surface area (Å²) in [5.74, 6) is 0.741. The van der Waals surface area contributed by atoms with Gasteiger partial charge in [-0.25, -0.2) is 4.98 Å². The van der Waals surface area contributed by atoms with Gasteiger partial charge >= 0.3 is 0 Å². The molecule has 90 valence electrons. The zero-order valence-corrected chi connectivity index (χ0v) is 12.1. The third-order valence-electron chi connectivity index (χ3n) is 2.63. The highest BCUT2D eigenvalue weighted by atomic mass is 79.9. The van der Waals surface area contributed by atoms with E-state index in [1.807, 2.05) is 24.3 Å². The monoisotopic (exact) mass is 340 g/mol. The van der Waals surface area contributed by atoms with Crippen LogP contribution in [0.3, 0.4) is 0 Å². The smallest absolute Gasteiger partial charge is 0.139 e. The molecule has 0 amide bonds. The molecule has 3 aromatic rings. The van der Waals surface area contributed by atoms with Crippen molar-refractivity contribution in [3.05, 3.63) is 50.9 Å². The van der Waals surface area contributed by atoms with E-state index in [4.69, 9.17) is 23.2 Å². The molecule has 1 heterocycles. The summed E-state index contributed by atoms with van der Waals surface area (Å²) in [5.41, 5.74) is 2.71. The molecule has 0 aliphatic heterocycles. The van der Waals surface area contributed by atoms with E-state index in [-0.39, 0.29) is 0 Å². The standard InChI is InChI=1S/C13H7BrCl2N2/c14-7-1-4-11-12(5-7)18-13(17-11)9-3-2-8(15)6-10(9)16/h1-6H,(H,17,18). The molecule has 0 aliphatic carbocycles. The van der Waals surface area contributed by atoms with Crippen molar-refractivity contribution in [3.63, 3.8) is 0 Å². The molecule has 0 fully saturated rings. The Labute approximate surface area is 122 Å². The maximum Gasteiger partial charge on any atom is 0.139 e. The minimum atomic E-state index is 0.584. The molecule has 0 saturated heterocycles. The van der Waals surface area contributed by atoms with Crippen molar-refractivity contribution in [3.8, 4) is 11.4 Å². The number of imidazole rings is 1. The zero-order chi connectivity index (χ0) is 12.7. The lowest BCUT2D eigenvalue weighted by Crippen LogP contribution is -1.81. The summed E-state index contributed by atoms with van der Waals surface area (Å²) < 4.78 is 1.01. The zero-order valence-electron chi connectivity index (χ0n) is 9.05. The molecule has 1 N–H and O–H groups in total. The van der Waals surface area contributed by atoms with Gasteiger partial charge in [-0.15, -0.1) is 0 Å². The number of halogens is 3. The number of nitrogens with zero attached hydrogens (tertiary/aromatic N) is 1. The fraction of sp³-hybridized carbons (Fsp3) is 0. The van der Waals surface area contributed by atoms with E-state index in [1.54, 1.807) is 12.1 Å². The van der Waals surface area contributed by atoms with Gasteiger partial charge in [-0.3, -0.25) is 0 Å². The quantitative estimate of drug-likeness (QED) is 0.639. The van der Waals surface area contributed by atoms with Gasteiger partial charge in [0.15, 0.2) is 0 Å². The van der Waals surface area contributed by atoms with Crippen LogP contribution in [0.2, 0.25) is 10.0 Å². The first-order valence-corrected chi connectivity index (χ1v) is 6.79. The molecule has 0 atom stereocenters. The van der Waals surface area contributed by atoms with Crippen molar-refractivity contribution in [2.45, 2.75) is 0 Å². The van der Waals surface area contributed by atoms with Gasteiger partial charge in [-0.2, -0.15) is 0 Å². The Bertz CT molecular complexity index is 737. The summed E-state index contributed by atoms with van der Waals surface area (Å²) in [7, 11) is 0. The molecule has 3 rings (SSSR count). The lowest BCUT2D eigenvalue weighted by molar-refractivity contribution is 1.34. The predicted octanol–water partition coefficient (Wildman–Crippen LogP) is 5.30. The van der Waals surface area contributed by atoms with Crippen LogP contribution in [0.4, 0.5) is 0 Å². The summed E-state index contributed by atoms with van der Waals surface area (Å²) >= 11 is 15.5. The molecule has 0 bridgehead atoms. The van der Waals surface area contributed by atoms with Crippen LogP contribution in [0.5, 0.6) is 0 Å². The summed E-state index contributed by atoms with van der Waals surface area (Å²) in [6, 6.07) is 11.3. The van der Waals surface area contributed by atoms with E-state index in [9.17, 15) is 0 Å². The van der Waals surface area contributed by atoms with Gasteiger partial charge in [-0.05, 0) is 36.4 Å². The first-order chi connectivity index (χ1) is 8.63. The molecule has 18 heavy (non-hydrogen) atoms. The predicted molar refractivity (Wildman–Crippen MR) is 79.2 cm³/mol. The van der Waals surface area contributed by atoms with Crippen LogP contribution >= 0.6 is 39.1 Å². The molecule has 0 radical (unpaired) electrons. The van der Waals surface area contributed by atoms with Crippen molar-refractivity contribution in [1.82, 2.24) is 9.97 Å². The molecule has 5 heteroatoms. The molecule has 0 unspecified atom stereocenters. The Morgan fingerprint density at radius 3 is 2.67 bits per heavy atom. The van der Waals surface area contributed by atoms with Crippen molar-refractivity contribution < 1.29 is 0 Å². The second-order valence-corrected chi connectivity index (χ2v) is 5.63. The average Bonchev–Trinajstić information content (AvgIpc) is 2.71. The van der Waals surface area contributed by atoms with E-state index >= 15 is 0 Å². The van der Waals surface area contributed by atoms with Crippen LogP contribution < -0.4 is 0 Å². The Balaban J connectivity index is 2.19. The third-order valence-corrected chi connectivity index (χ3v) is 3.67. The number of fused-ring (bicyclic) bond motifs is 1. The summed E-state index contributed by atoms with van der Waals surface area (Å²) in [6.45, 7) is 0. The van der Waals surface area contributed by atoms with E-state index in [1.165, 1.54) is 0 Å². The fourth-order valence-electron chi connectivity index (χ4n) is 1.79. The maximum absolute atomic E-state index is 6.17. The van der Waals surface area contributed by atoms with Gasteiger partial charge in [0, 0.05) is 15.1 Å². The number of nitrogens with one attached hydrogen (secondary N) is 1. The molecule has 0 spiro atoms. The van der Waals surface area contributed by atoms with E-state index in [2.05, 4.69) is 25.9 Å². The normalized spacial score (nSPS) is 11.1. The summed E-state index contributed by atoms with van der Waals surface area (Å²) in [6.07, 6.45) is 0. The van der Waals surface area contributed by atoms with Crippen LogP contribution in [0.15, 0.2) is 40.9 Å². The highest BCUT2D eigenvalue weighted by molar-refractivity contribution is 9.10. The minimum Gasteiger partial charge on any atom is -0.338 e. The van der Waals surface area contributed by atoms with Gasteiger partial charge < -0.3 is 4.98 Å². The minimum absolute atomic E-state index is 0.584. The maximum atomic E-state index is 6.17. The number of rotatable bonds is 1. The Morgan fingerprint density at radius 2 is 1.89 bits per heavy atom. The number of hydrogen-bond acceptors (Lipinski definition) is 1. The summed E-state index contributed by atoms with van der Waals surface area (Å²) in [5, 5.41) is 1.20. The Hall–Kier alpha value is -1.03. The first-order valence-electron chi connectivity index (χ1n) is 5.24. The van der Waals surface area contributed by atoms with Gasteiger partial charge in [0.25, 0.3) is 0 Å². The molecule has 0 saturated carbocycles. The Morgan fingerprint density at radius 1 is 1.06 bits per heavy atom. The van der Waals surface area contributed by atoms with Crippen LogP contribution in [-0.4, -0.2) is 9.97 Å². The lowest BCUT2D eigenvalue weighted by Gasteiger charge is -2.00. The third kappa shape index (κ3) is 2.14. The largest absolute Gasteiger partial charge is 0.338 e. The Kier molecular flexibility index (Phi) is 3.06. The molecule has 0 aliphatic rings. The SMILES string of the molecule is Clc1ccc(-c2nc3ccc(Br)cc3[nH]2)c(Cl)c1. The number of aromatic amines is 1. The second kappa shape index (κ2) is 4.57. The highest BCUT2D eigenvalue weighted by Crippen LogP contribution is 2.30. The molecule has 2 aromatic carbocycles. The topological polar surface area (TPSA) is 28.7 Å². The van der Waals surface area contributed by atoms with Crippen molar-refractivity contribution in [2.24, 2.45) is 0 Å². The molecular weight excluding hydrogens is 335 g/mol. The average molecular weight is 342 g/mol. The number of H-pyrrole nitrogens is 1. The number of benzene rings is 2. The van der Waals surface area contributed by atoms with E-state index < -0.39 is 0 Å². The van der Waals surface area contributed by atoms with Gasteiger partial charge in [-0.1, -0.05) is 39.1 Å². The lowest BCUT2D eigenvalue weighted by atomic mass is 10.2. The highest BCUT2D eigenvalue weighted by Gasteiger charge is 2.09. The van der Waals surface area contributed by atoms with Gasteiger partial charge in [0.05, 0.1) is 16.1 Å². The first kappa shape index (κ1) is 12.0. The summed E-state index contributed by atoms with van der Waals surface area (Å²) in [4.78, 5) is 7.76. The van der Waals surface area contributed by atoms with E-state index in [0.717, 1.165) is 26.9 Å². The number of aromatic nitrogens is 2. The number of hydrogen-bond donors (Lipinski definition) is 1.